The fourth-order valence-corrected chi connectivity index (χ4v) is 5.17. The van der Waals surface area contributed by atoms with Crippen LogP contribution in [-0.2, 0) is 35.3 Å². The van der Waals surface area contributed by atoms with Crippen molar-refractivity contribution in [2.75, 3.05) is 24.3 Å². The number of aryl methyl sites for hydroxylation is 1. The van der Waals surface area contributed by atoms with Crippen molar-refractivity contribution in [1.29, 1.82) is 0 Å². The third-order valence-corrected chi connectivity index (χ3v) is 7.22. The highest BCUT2D eigenvalue weighted by Gasteiger charge is 2.23. The van der Waals surface area contributed by atoms with Crippen LogP contribution in [0.15, 0.2) is 34.5 Å². The summed E-state index contributed by atoms with van der Waals surface area (Å²) >= 11 is 1.19. The van der Waals surface area contributed by atoms with Crippen LogP contribution in [0.25, 0.3) is 0 Å². The molecule has 1 aromatic carbocycles. The van der Waals surface area contributed by atoms with Crippen LogP contribution in [0, 0.1) is 12.8 Å². The van der Waals surface area contributed by atoms with Crippen LogP contribution in [0.5, 0.6) is 0 Å². The first-order valence-corrected chi connectivity index (χ1v) is 13.1. The molecular weight excluding hydrogens is 466 g/mol. The van der Waals surface area contributed by atoms with Gasteiger partial charge in [-0.15, -0.1) is 11.3 Å². The topological polar surface area (TPSA) is 116 Å². The number of benzene rings is 1. The molecule has 0 spiro atoms. The molecule has 180 valence electrons. The molecule has 2 aromatic rings. The minimum Gasteiger partial charge on any atom is -0.462 e. The van der Waals surface area contributed by atoms with Gasteiger partial charge < -0.3 is 14.8 Å². The van der Waals surface area contributed by atoms with E-state index < -0.39 is 40.0 Å². The van der Waals surface area contributed by atoms with Gasteiger partial charge in [-0.1, -0.05) is 31.5 Å². The van der Waals surface area contributed by atoms with Gasteiger partial charge in [0, 0.05) is 0 Å². The van der Waals surface area contributed by atoms with Crippen LogP contribution in [0.4, 0.5) is 5.00 Å². The molecule has 0 aliphatic carbocycles. The van der Waals surface area contributed by atoms with E-state index >= 15 is 0 Å². The maximum absolute atomic E-state index is 12.4. The Morgan fingerprint density at radius 3 is 2.36 bits per heavy atom. The Morgan fingerprint density at radius 1 is 1.09 bits per heavy atom. The van der Waals surface area contributed by atoms with Crippen LogP contribution in [0.3, 0.4) is 0 Å². The molecule has 1 N–H and O–H groups in total. The molecular formula is C23H29NO7S2. The van der Waals surface area contributed by atoms with E-state index in [9.17, 15) is 22.8 Å². The van der Waals surface area contributed by atoms with E-state index in [0.717, 1.165) is 11.1 Å². The number of esters is 2. The summed E-state index contributed by atoms with van der Waals surface area (Å²) in [4.78, 5) is 36.8. The molecule has 10 heteroatoms. The summed E-state index contributed by atoms with van der Waals surface area (Å²) in [7, 11) is -3.64. The van der Waals surface area contributed by atoms with E-state index in [-0.39, 0.29) is 17.9 Å². The largest absolute Gasteiger partial charge is 0.462 e. The molecule has 0 aliphatic rings. The number of ether oxygens (including phenoxy) is 2. The van der Waals surface area contributed by atoms with E-state index in [0.29, 0.717) is 22.9 Å². The van der Waals surface area contributed by atoms with Gasteiger partial charge in [0.25, 0.3) is 5.91 Å². The lowest BCUT2D eigenvalue weighted by molar-refractivity contribution is -0.146. The number of nitrogens with one attached hydrogen (secondary N) is 1. The summed E-state index contributed by atoms with van der Waals surface area (Å²) in [6, 6.07) is 6.33. The zero-order chi connectivity index (χ0) is 24.6. The summed E-state index contributed by atoms with van der Waals surface area (Å²) in [5, 5.41) is 4.71. The average molecular weight is 496 g/mol. The zero-order valence-corrected chi connectivity index (χ0v) is 20.8. The molecule has 1 aromatic heterocycles. The quantitative estimate of drug-likeness (QED) is 0.472. The van der Waals surface area contributed by atoms with Gasteiger partial charge in [-0.05, 0) is 49.3 Å². The number of amides is 1. The predicted molar refractivity (Wildman–Crippen MR) is 126 cm³/mol. The van der Waals surface area contributed by atoms with Crippen molar-refractivity contribution in [3.63, 3.8) is 0 Å². The van der Waals surface area contributed by atoms with Crippen molar-refractivity contribution in [3.8, 4) is 0 Å². The molecule has 0 saturated heterocycles. The fourth-order valence-electron chi connectivity index (χ4n) is 2.96. The molecule has 0 bridgehead atoms. The normalized spacial score (nSPS) is 11.3. The third-order valence-electron chi connectivity index (χ3n) is 4.55. The van der Waals surface area contributed by atoms with Crippen molar-refractivity contribution in [1.82, 2.24) is 0 Å². The van der Waals surface area contributed by atoms with Gasteiger partial charge >= 0.3 is 11.9 Å². The molecule has 1 heterocycles. The highest BCUT2D eigenvalue weighted by Crippen LogP contribution is 2.31. The molecule has 0 atom stereocenters. The van der Waals surface area contributed by atoms with Gasteiger partial charge in [0.15, 0.2) is 16.4 Å². The second kappa shape index (κ2) is 11.9. The molecule has 0 saturated carbocycles. The second-order valence-electron chi connectivity index (χ2n) is 7.87. The molecule has 0 aliphatic heterocycles. The average Bonchev–Trinajstić information content (AvgIpc) is 3.12. The number of thiophene rings is 1. The van der Waals surface area contributed by atoms with Crippen molar-refractivity contribution < 1.29 is 32.3 Å². The number of hydrogen-bond donors (Lipinski definition) is 1. The maximum Gasteiger partial charge on any atom is 0.341 e. The van der Waals surface area contributed by atoms with Crippen molar-refractivity contribution in [3.05, 3.63) is 46.3 Å². The Balaban J connectivity index is 1.93. The number of anilines is 1. The molecule has 0 unspecified atom stereocenters. The summed E-state index contributed by atoms with van der Waals surface area (Å²) in [5.41, 5.74) is 2.01. The van der Waals surface area contributed by atoms with Crippen molar-refractivity contribution in [2.45, 2.75) is 45.4 Å². The van der Waals surface area contributed by atoms with Gasteiger partial charge in [0.2, 0.25) is 0 Å². The summed E-state index contributed by atoms with van der Waals surface area (Å²) in [5.74, 6) is -2.09. The Labute approximate surface area is 198 Å². The van der Waals surface area contributed by atoms with E-state index in [2.05, 4.69) is 5.32 Å². The Hall–Kier alpha value is -2.72. The number of rotatable bonds is 11. The molecule has 0 fully saturated rings. The van der Waals surface area contributed by atoms with Crippen LogP contribution >= 0.6 is 11.3 Å². The van der Waals surface area contributed by atoms with Gasteiger partial charge in [0.05, 0.1) is 29.2 Å². The first-order valence-electron chi connectivity index (χ1n) is 10.6. The molecule has 8 nitrogen and oxygen atoms in total. The minimum absolute atomic E-state index is 0.125. The first-order chi connectivity index (χ1) is 15.5. The Bertz CT molecular complexity index is 1090. The predicted octanol–water partition coefficient (Wildman–Crippen LogP) is 3.78. The lowest BCUT2D eigenvalue weighted by Crippen LogP contribution is -2.23. The Kier molecular flexibility index (Phi) is 9.60. The number of hydrogen-bond acceptors (Lipinski definition) is 8. The smallest absolute Gasteiger partial charge is 0.341 e. The number of carbonyl (C=O) groups is 3. The maximum atomic E-state index is 12.4. The van der Waals surface area contributed by atoms with E-state index in [1.54, 1.807) is 24.4 Å². The second-order valence-corrected chi connectivity index (χ2v) is 10.9. The van der Waals surface area contributed by atoms with Crippen molar-refractivity contribution in [2.24, 2.45) is 5.92 Å². The lowest BCUT2D eigenvalue weighted by Gasteiger charge is -2.10. The monoisotopic (exact) mass is 495 g/mol. The Morgan fingerprint density at radius 2 is 1.76 bits per heavy atom. The van der Waals surface area contributed by atoms with Gasteiger partial charge in [-0.2, -0.15) is 0 Å². The van der Waals surface area contributed by atoms with Gasteiger partial charge in [0.1, 0.15) is 5.00 Å². The van der Waals surface area contributed by atoms with Crippen LogP contribution in [0.2, 0.25) is 0 Å². The number of carbonyl (C=O) groups excluding carboxylic acids is 3. The van der Waals surface area contributed by atoms with Crippen LogP contribution in [-0.4, -0.2) is 45.2 Å². The van der Waals surface area contributed by atoms with E-state index in [1.807, 2.05) is 20.8 Å². The highest BCUT2D eigenvalue weighted by atomic mass is 32.2. The highest BCUT2D eigenvalue weighted by molar-refractivity contribution is 7.91. The summed E-state index contributed by atoms with van der Waals surface area (Å²) < 4.78 is 34.7. The fraction of sp³-hybridized carbons (Fsp3) is 0.435. The van der Waals surface area contributed by atoms with E-state index in [4.69, 9.17) is 9.47 Å². The number of sulfone groups is 1. The van der Waals surface area contributed by atoms with Crippen molar-refractivity contribution >= 4 is 44.0 Å². The summed E-state index contributed by atoms with van der Waals surface area (Å²) in [6.07, 6.45) is 0.264. The molecule has 2 rings (SSSR count). The van der Waals surface area contributed by atoms with Gasteiger partial charge in [-0.3, -0.25) is 9.59 Å². The summed E-state index contributed by atoms with van der Waals surface area (Å²) in [6.45, 7) is 7.18. The third kappa shape index (κ3) is 7.97. The van der Waals surface area contributed by atoms with Gasteiger partial charge in [-0.25, -0.2) is 13.2 Å². The van der Waals surface area contributed by atoms with E-state index in [1.165, 1.54) is 23.5 Å². The first kappa shape index (κ1) is 26.5. The van der Waals surface area contributed by atoms with Crippen LogP contribution in [0.1, 0.15) is 48.7 Å². The molecule has 1 amide bonds. The standard InChI is InChI=1S/C23H29NO7S2/c1-5-30-23(27)21-17(12-15(2)3)14-32-22(21)24-19(25)13-31-20(26)10-11-33(28,29)18-8-6-16(4)7-9-18/h6-9,14-15H,5,10-13H2,1-4H3,(H,24,25). The zero-order valence-electron chi connectivity index (χ0n) is 19.2. The molecule has 0 radical (unpaired) electrons. The molecule has 33 heavy (non-hydrogen) atoms. The van der Waals surface area contributed by atoms with Crippen LogP contribution < -0.4 is 5.32 Å². The minimum atomic E-state index is -3.64. The lowest BCUT2D eigenvalue weighted by atomic mass is 10.0. The SMILES string of the molecule is CCOC(=O)c1c(CC(C)C)csc1NC(=O)COC(=O)CCS(=O)(=O)c1ccc(C)cc1.